The van der Waals surface area contributed by atoms with Gasteiger partial charge in [-0.05, 0) is 142 Å². The van der Waals surface area contributed by atoms with E-state index in [9.17, 15) is 0 Å². The third kappa shape index (κ3) is 22.9. The number of unbranched alkanes of at least 4 members (excludes halogenated alkanes) is 24. The van der Waals surface area contributed by atoms with Gasteiger partial charge in [0, 0.05) is 16.9 Å². The van der Waals surface area contributed by atoms with E-state index in [0.717, 1.165) is 42.6 Å². The first-order valence-corrected chi connectivity index (χ1v) is 29.6. The smallest absolute Gasteiger partial charge is 0.232 e. The number of anilines is 4. The molecule has 0 fully saturated rings. The van der Waals surface area contributed by atoms with Gasteiger partial charge in [-0.1, -0.05) is 225 Å². The van der Waals surface area contributed by atoms with Gasteiger partial charge in [0.2, 0.25) is 11.9 Å². The van der Waals surface area contributed by atoms with Crippen LogP contribution in [-0.2, 0) is 38.5 Å². The van der Waals surface area contributed by atoms with Gasteiger partial charge in [-0.2, -0.15) is 15.0 Å². The Kier molecular flexibility index (Phi) is 30.4. The van der Waals surface area contributed by atoms with E-state index in [2.05, 4.69) is 108 Å². The van der Waals surface area contributed by atoms with Crippen LogP contribution in [0.5, 0.6) is 0 Å². The lowest BCUT2D eigenvalue weighted by molar-refractivity contribution is 0.613. The summed E-state index contributed by atoms with van der Waals surface area (Å²) in [4.78, 5) is 15.6. The Morgan fingerprint density at radius 2 is 0.594 bits per heavy atom. The SMILES string of the molecule is CCCCCCCc1cc(Nc2nc(Nc3cc(CCCCCCC)c(CCCCCCC)c(CCCCCCC)c3)nc(-c3ccc(C)cc3)n2)cc(CCCCCCC)c1CCCCCCC. The lowest BCUT2D eigenvalue weighted by Gasteiger charge is -2.20. The zero-order chi connectivity index (χ0) is 49.2. The van der Waals surface area contributed by atoms with E-state index in [1.165, 1.54) is 233 Å². The first kappa shape index (κ1) is 57.8. The van der Waals surface area contributed by atoms with Crippen molar-refractivity contribution in [1.29, 1.82) is 0 Å². The van der Waals surface area contributed by atoms with Gasteiger partial charge in [0.1, 0.15) is 0 Å². The molecule has 0 amide bonds. The largest absolute Gasteiger partial charge is 0.324 e. The summed E-state index contributed by atoms with van der Waals surface area (Å²) in [6.45, 7) is 16.1. The fourth-order valence-electron chi connectivity index (χ4n) is 10.3. The number of benzene rings is 3. The molecule has 0 aliphatic rings. The summed E-state index contributed by atoms with van der Waals surface area (Å²) in [5.74, 6) is 1.91. The molecule has 0 aliphatic heterocycles. The number of aryl methyl sites for hydroxylation is 5. The molecular weight excluding hydrogens is 839 g/mol. The molecule has 0 unspecified atom stereocenters. The van der Waals surface area contributed by atoms with Crippen LogP contribution in [0.1, 0.15) is 273 Å². The Balaban J connectivity index is 1.78. The van der Waals surface area contributed by atoms with E-state index in [0.29, 0.717) is 17.7 Å². The van der Waals surface area contributed by atoms with Crippen LogP contribution in [0.25, 0.3) is 11.4 Å². The van der Waals surface area contributed by atoms with Crippen molar-refractivity contribution in [2.45, 2.75) is 280 Å². The second kappa shape index (κ2) is 36.2. The summed E-state index contributed by atoms with van der Waals surface area (Å²) in [5.41, 5.74) is 13.9. The molecule has 2 N–H and O–H groups in total. The first-order valence-electron chi connectivity index (χ1n) is 29.6. The molecule has 384 valence electrons. The maximum atomic E-state index is 5.23. The van der Waals surface area contributed by atoms with Gasteiger partial charge in [0.05, 0.1) is 0 Å². The Morgan fingerprint density at radius 1 is 0.319 bits per heavy atom. The molecule has 4 rings (SSSR count). The van der Waals surface area contributed by atoms with Crippen LogP contribution in [0.4, 0.5) is 23.3 Å². The van der Waals surface area contributed by atoms with E-state index in [-0.39, 0.29) is 0 Å². The van der Waals surface area contributed by atoms with Gasteiger partial charge >= 0.3 is 0 Å². The maximum Gasteiger partial charge on any atom is 0.232 e. The van der Waals surface area contributed by atoms with Crippen LogP contribution in [0.2, 0.25) is 0 Å². The van der Waals surface area contributed by atoms with E-state index < -0.39 is 0 Å². The molecule has 0 radical (unpaired) electrons. The van der Waals surface area contributed by atoms with E-state index in [1.54, 1.807) is 11.1 Å². The van der Waals surface area contributed by atoms with E-state index in [4.69, 9.17) is 15.0 Å². The summed E-state index contributed by atoms with van der Waals surface area (Å²) >= 11 is 0. The molecule has 0 aliphatic carbocycles. The molecule has 5 heteroatoms. The Morgan fingerprint density at radius 3 is 0.884 bits per heavy atom. The molecule has 69 heavy (non-hydrogen) atoms. The average Bonchev–Trinajstić information content (AvgIpc) is 3.34. The Bertz CT molecular complexity index is 1750. The minimum atomic E-state index is 0.606. The highest BCUT2D eigenvalue weighted by molar-refractivity contribution is 5.66. The summed E-state index contributed by atoms with van der Waals surface area (Å²) < 4.78 is 0. The first-order chi connectivity index (χ1) is 33.9. The minimum absolute atomic E-state index is 0.606. The van der Waals surface area contributed by atoms with Crippen LogP contribution < -0.4 is 10.6 Å². The molecule has 0 atom stereocenters. The number of rotatable bonds is 41. The summed E-state index contributed by atoms with van der Waals surface area (Å²) in [7, 11) is 0. The Labute approximate surface area is 425 Å². The van der Waals surface area contributed by atoms with Gasteiger partial charge in [-0.25, -0.2) is 0 Å². The van der Waals surface area contributed by atoms with Gasteiger partial charge in [0.25, 0.3) is 0 Å². The molecule has 3 aromatic carbocycles. The van der Waals surface area contributed by atoms with Crippen molar-refractivity contribution in [3.63, 3.8) is 0 Å². The zero-order valence-electron chi connectivity index (χ0n) is 45.9. The molecule has 1 heterocycles. The highest BCUT2D eigenvalue weighted by atomic mass is 15.2. The van der Waals surface area contributed by atoms with Crippen LogP contribution in [0.3, 0.4) is 0 Å². The van der Waals surface area contributed by atoms with Gasteiger partial charge in [-0.3, -0.25) is 0 Å². The normalized spacial score (nSPS) is 11.5. The van der Waals surface area contributed by atoms with Crippen LogP contribution in [-0.4, -0.2) is 15.0 Å². The van der Waals surface area contributed by atoms with Crippen molar-refractivity contribution >= 4 is 23.3 Å². The third-order valence-corrected chi connectivity index (χ3v) is 14.6. The van der Waals surface area contributed by atoms with E-state index in [1.807, 2.05) is 0 Å². The quantitative estimate of drug-likeness (QED) is 0.0434. The summed E-state index contributed by atoms with van der Waals surface area (Å²) in [6.07, 6.45) is 46.1. The molecule has 0 saturated carbocycles. The zero-order valence-corrected chi connectivity index (χ0v) is 45.9. The molecule has 4 aromatic rings. The number of nitrogens with one attached hydrogen (secondary N) is 2. The molecule has 1 aromatic heterocycles. The number of hydrogen-bond acceptors (Lipinski definition) is 5. The summed E-state index contributed by atoms with van der Waals surface area (Å²) in [6, 6.07) is 18.5. The van der Waals surface area contributed by atoms with E-state index >= 15 is 0 Å². The molecule has 0 spiro atoms. The fourth-order valence-corrected chi connectivity index (χ4v) is 10.3. The third-order valence-electron chi connectivity index (χ3n) is 14.6. The van der Waals surface area contributed by atoms with Crippen LogP contribution in [0.15, 0.2) is 48.5 Å². The van der Waals surface area contributed by atoms with Crippen molar-refractivity contribution in [2.75, 3.05) is 10.6 Å². The van der Waals surface area contributed by atoms with Crippen molar-refractivity contribution in [2.24, 2.45) is 0 Å². The second-order valence-electron chi connectivity index (χ2n) is 21.0. The van der Waals surface area contributed by atoms with Crippen LogP contribution in [0, 0.1) is 6.92 Å². The highest BCUT2D eigenvalue weighted by Gasteiger charge is 2.17. The van der Waals surface area contributed by atoms with Crippen molar-refractivity contribution < 1.29 is 0 Å². The molecule has 0 bridgehead atoms. The predicted molar refractivity (Wildman–Crippen MR) is 304 cm³/mol. The monoisotopic (exact) mass is 942 g/mol. The fraction of sp³-hybridized carbons (Fsp3) is 0.672. The summed E-state index contributed by atoms with van der Waals surface area (Å²) in [5, 5.41) is 7.64. The van der Waals surface area contributed by atoms with Crippen LogP contribution >= 0.6 is 0 Å². The second-order valence-corrected chi connectivity index (χ2v) is 21.0. The average molecular weight is 943 g/mol. The maximum absolute atomic E-state index is 5.23. The van der Waals surface area contributed by atoms with Crippen molar-refractivity contribution in [3.05, 3.63) is 87.5 Å². The lowest BCUT2D eigenvalue weighted by atomic mass is 9.89. The predicted octanol–water partition coefficient (Wildman–Crippen LogP) is 20.4. The van der Waals surface area contributed by atoms with Gasteiger partial charge in [-0.15, -0.1) is 0 Å². The highest BCUT2D eigenvalue weighted by Crippen LogP contribution is 2.32. The van der Waals surface area contributed by atoms with Crippen molar-refractivity contribution in [3.8, 4) is 11.4 Å². The molecular formula is C64H103N5. The standard InChI is InChI=1S/C64H103N5/c1-8-14-20-26-32-38-54-48-58(49-55(39-33-27-21-15-9-2)60(54)42-36-30-24-18-12-5)65-63-67-62(53-46-44-52(7)45-47-53)68-64(69-63)66-59-50-56(40-34-28-22-16-10-3)61(43-37-31-25-19-13-6)57(51-59)41-35-29-23-17-11-4/h44-51H,8-43H2,1-7H3,(H2,65,66,67,68,69). The topological polar surface area (TPSA) is 62.7 Å². The van der Waals surface area contributed by atoms with Gasteiger partial charge < -0.3 is 10.6 Å². The Hall–Kier alpha value is -3.73. The molecule has 5 nitrogen and oxygen atoms in total. The van der Waals surface area contributed by atoms with Gasteiger partial charge in [0.15, 0.2) is 5.82 Å². The molecule has 0 saturated heterocycles. The number of aromatic nitrogens is 3. The van der Waals surface area contributed by atoms with Crippen molar-refractivity contribution in [1.82, 2.24) is 15.0 Å². The number of nitrogens with zero attached hydrogens (tertiary/aromatic N) is 3. The lowest BCUT2D eigenvalue weighted by Crippen LogP contribution is -2.09. The number of hydrogen-bond donors (Lipinski definition) is 2. The minimum Gasteiger partial charge on any atom is -0.324 e.